The van der Waals surface area contributed by atoms with E-state index in [1.54, 1.807) is 0 Å². The van der Waals surface area contributed by atoms with Crippen LogP contribution in [-0.2, 0) is 9.09 Å². The Kier molecular flexibility index (Phi) is 5.73. The standard InChI is InChI=1S/C9H10NO3P/c1-4-7-10(8-5-2)14(11,12)13-9-6-3/h1-3H,7-9H2,(H,11,12). The van der Waals surface area contributed by atoms with Crippen LogP contribution in [0.2, 0.25) is 0 Å². The summed E-state index contributed by atoms with van der Waals surface area (Å²) in [5.74, 6) is 6.48. The summed E-state index contributed by atoms with van der Waals surface area (Å²) in [4.78, 5) is 9.34. The zero-order valence-electron chi connectivity index (χ0n) is 7.51. The summed E-state index contributed by atoms with van der Waals surface area (Å²) < 4.78 is 17.0. The number of hydrogen-bond donors (Lipinski definition) is 1. The molecule has 1 N–H and O–H groups in total. The van der Waals surface area contributed by atoms with E-state index in [1.807, 2.05) is 0 Å². The van der Waals surface area contributed by atoms with Crippen molar-refractivity contribution in [3.8, 4) is 37.0 Å². The van der Waals surface area contributed by atoms with E-state index in [0.717, 1.165) is 4.67 Å². The number of rotatable bonds is 5. The van der Waals surface area contributed by atoms with Gasteiger partial charge in [-0.25, -0.2) is 4.57 Å². The molecule has 0 fully saturated rings. The second kappa shape index (κ2) is 6.28. The Morgan fingerprint density at radius 3 is 2.07 bits per heavy atom. The van der Waals surface area contributed by atoms with Crippen molar-refractivity contribution in [1.29, 1.82) is 0 Å². The van der Waals surface area contributed by atoms with E-state index in [-0.39, 0.29) is 19.7 Å². The van der Waals surface area contributed by atoms with Gasteiger partial charge < -0.3 is 4.89 Å². The van der Waals surface area contributed by atoms with E-state index in [1.165, 1.54) is 0 Å². The lowest BCUT2D eigenvalue weighted by molar-refractivity contribution is 0.236. The molecule has 14 heavy (non-hydrogen) atoms. The summed E-state index contributed by atoms with van der Waals surface area (Å²) in [5.41, 5.74) is 0. The molecule has 4 nitrogen and oxygen atoms in total. The van der Waals surface area contributed by atoms with Gasteiger partial charge in [-0.2, -0.15) is 4.67 Å². The average Bonchev–Trinajstić information content (AvgIpc) is 2.14. The molecule has 0 amide bonds. The Morgan fingerprint density at radius 1 is 1.21 bits per heavy atom. The smallest absolute Gasteiger partial charge is 0.312 e. The normalized spacial score (nSPS) is 13.6. The number of terminal acetylenes is 3. The van der Waals surface area contributed by atoms with Crippen molar-refractivity contribution in [2.75, 3.05) is 19.7 Å². The van der Waals surface area contributed by atoms with Gasteiger partial charge in [-0.05, 0) is 0 Å². The Balaban J connectivity index is 4.50. The largest absolute Gasteiger partial charge is 0.408 e. The lowest BCUT2D eigenvalue weighted by Crippen LogP contribution is -2.22. The molecule has 0 aromatic carbocycles. The zero-order valence-corrected chi connectivity index (χ0v) is 8.41. The monoisotopic (exact) mass is 211 g/mol. The van der Waals surface area contributed by atoms with Crippen LogP contribution in [0, 0.1) is 37.0 Å². The first kappa shape index (κ1) is 12.8. The molecule has 0 radical (unpaired) electrons. The van der Waals surface area contributed by atoms with Crippen LogP contribution in [0.5, 0.6) is 0 Å². The van der Waals surface area contributed by atoms with Crippen molar-refractivity contribution in [2.45, 2.75) is 0 Å². The molecule has 5 heteroatoms. The fraction of sp³-hybridized carbons (Fsp3) is 0.333. The maximum absolute atomic E-state index is 11.4. The lowest BCUT2D eigenvalue weighted by Gasteiger charge is -2.21. The summed E-state index contributed by atoms with van der Waals surface area (Å²) in [6, 6.07) is 0. The minimum Gasteiger partial charge on any atom is -0.312 e. The van der Waals surface area contributed by atoms with Gasteiger partial charge in [0.25, 0.3) is 0 Å². The summed E-state index contributed by atoms with van der Waals surface area (Å²) in [6.07, 6.45) is 14.9. The van der Waals surface area contributed by atoms with Crippen molar-refractivity contribution in [3.63, 3.8) is 0 Å². The van der Waals surface area contributed by atoms with Gasteiger partial charge in [0.2, 0.25) is 0 Å². The maximum atomic E-state index is 11.4. The van der Waals surface area contributed by atoms with Crippen molar-refractivity contribution < 1.29 is 14.0 Å². The van der Waals surface area contributed by atoms with Gasteiger partial charge in [0.05, 0.1) is 13.1 Å². The van der Waals surface area contributed by atoms with Gasteiger partial charge in [0.15, 0.2) is 0 Å². The van der Waals surface area contributed by atoms with E-state index in [2.05, 4.69) is 22.3 Å². The molecule has 0 aromatic heterocycles. The Labute approximate surface area is 83.8 Å². The molecule has 0 aliphatic carbocycles. The van der Waals surface area contributed by atoms with Crippen LogP contribution in [0.15, 0.2) is 0 Å². The fourth-order valence-electron chi connectivity index (χ4n) is 0.648. The molecular weight excluding hydrogens is 201 g/mol. The van der Waals surface area contributed by atoms with Crippen LogP contribution >= 0.6 is 7.75 Å². The molecule has 0 spiro atoms. The second-order valence-corrected chi connectivity index (χ2v) is 4.00. The molecule has 0 aliphatic heterocycles. The van der Waals surface area contributed by atoms with Crippen molar-refractivity contribution >= 4 is 7.75 Å². The van der Waals surface area contributed by atoms with Gasteiger partial charge in [0, 0.05) is 0 Å². The minimum absolute atomic E-state index is 0.0669. The molecule has 0 aromatic rings. The van der Waals surface area contributed by atoms with Crippen molar-refractivity contribution in [2.24, 2.45) is 0 Å². The highest BCUT2D eigenvalue weighted by Crippen LogP contribution is 2.45. The third kappa shape index (κ3) is 4.15. The van der Waals surface area contributed by atoms with Gasteiger partial charge in [-0.15, -0.1) is 19.3 Å². The predicted molar refractivity (Wildman–Crippen MR) is 53.8 cm³/mol. The molecular formula is C9H10NO3P. The van der Waals surface area contributed by atoms with E-state index < -0.39 is 7.75 Å². The minimum atomic E-state index is -3.95. The highest BCUT2D eigenvalue weighted by Gasteiger charge is 2.27. The third-order valence-electron chi connectivity index (χ3n) is 1.22. The SMILES string of the molecule is C#CCOP(=O)(O)N(CC#C)CC#C. The molecule has 0 rings (SSSR count). The van der Waals surface area contributed by atoms with E-state index >= 15 is 0 Å². The summed E-state index contributed by atoms with van der Waals surface area (Å²) in [7, 11) is -3.95. The quantitative estimate of drug-likeness (QED) is 0.525. The average molecular weight is 211 g/mol. The van der Waals surface area contributed by atoms with Crippen LogP contribution < -0.4 is 0 Å². The van der Waals surface area contributed by atoms with Crippen LogP contribution in [0.4, 0.5) is 0 Å². The second-order valence-electron chi connectivity index (χ2n) is 2.20. The first-order valence-electron chi connectivity index (χ1n) is 3.61. The molecule has 0 saturated heterocycles. The molecule has 0 saturated carbocycles. The molecule has 74 valence electrons. The highest BCUT2D eigenvalue weighted by atomic mass is 31.2. The maximum Gasteiger partial charge on any atom is 0.408 e. The van der Waals surface area contributed by atoms with Gasteiger partial charge in [0.1, 0.15) is 6.61 Å². The molecule has 0 bridgehead atoms. The first-order valence-corrected chi connectivity index (χ1v) is 5.14. The van der Waals surface area contributed by atoms with Crippen molar-refractivity contribution in [3.05, 3.63) is 0 Å². The Hall–Kier alpha value is -1.21. The van der Waals surface area contributed by atoms with Crippen LogP contribution in [0.1, 0.15) is 0 Å². The molecule has 0 heterocycles. The Bertz CT molecular complexity index is 329. The highest BCUT2D eigenvalue weighted by molar-refractivity contribution is 7.50. The third-order valence-corrected chi connectivity index (χ3v) is 2.68. The van der Waals surface area contributed by atoms with Crippen molar-refractivity contribution in [1.82, 2.24) is 4.67 Å². The van der Waals surface area contributed by atoms with Gasteiger partial charge in [-0.3, -0.25) is 4.52 Å². The summed E-state index contributed by atoms with van der Waals surface area (Å²) in [5, 5.41) is 0. The van der Waals surface area contributed by atoms with E-state index in [0.29, 0.717) is 0 Å². The van der Waals surface area contributed by atoms with Crippen LogP contribution in [0.3, 0.4) is 0 Å². The summed E-state index contributed by atoms with van der Waals surface area (Å²) in [6.45, 7) is -0.398. The number of hydrogen-bond acceptors (Lipinski definition) is 2. The lowest BCUT2D eigenvalue weighted by atomic mass is 10.6. The summed E-state index contributed by atoms with van der Waals surface area (Å²) >= 11 is 0. The first-order chi connectivity index (χ1) is 6.58. The molecule has 1 atom stereocenters. The van der Waals surface area contributed by atoms with E-state index in [4.69, 9.17) is 19.3 Å². The van der Waals surface area contributed by atoms with Crippen LogP contribution in [0.25, 0.3) is 0 Å². The predicted octanol–water partition coefficient (Wildman–Crippen LogP) is 0.305. The Morgan fingerprint density at radius 2 is 1.71 bits per heavy atom. The van der Waals surface area contributed by atoms with Gasteiger partial charge in [-0.1, -0.05) is 17.8 Å². The van der Waals surface area contributed by atoms with Crippen LogP contribution in [-0.4, -0.2) is 29.3 Å². The molecule has 0 aliphatic rings. The zero-order chi connectivity index (χ0) is 11.0. The number of nitrogens with zero attached hydrogens (tertiary/aromatic N) is 1. The van der Waals surface area contributed by atoms with E-state index in [9.17, 15) is 9.46 Å². The van der Waals surface area contributed by atoms with Gasteiger partial charge >= 0.3 is 7.75 Å². The molecule has 1 unspecified atom stereocenters. The topological polar surface area (TPSA) is 49.8 Å². The fourth-order valence-corrected chi connectivity index (χ4v) is 1.58.